The van der Waals surface area contributed by atoms with Crippen LogP contribution in [0.15, 0.2) is 91.0 Å². The maximum Gasteiger partial charge on any atom is -0.0134 e. The lowest BCUT2D eigenvalue weighted by atomic mass is 10.4. The van der Waals surface area contributed by atoms with Gasteiger partial charge in [-0.3, -0.25) is 4.70 Å². The Hall–Kier alpha value is -1.98. The third kappa shape index (κ3) is 3.12. The number of hydrogen-bond donors (Lipinski definition) is 0. The Bertz CT molecular complexity index is 529. The second kappa shape index (κ2) is 6.98. The average molecular weight is 282 g/mol. The molecule has 0 amide bonds. The van der Waals surface area contributed by atoms with E-state index in [9.17, 15) is 0 Å². The maximum absolute atomic E-state index is 2.23. The van der Waals surface area contributed by atoms with E-state index in [0.29, 0.717) is 0 Å². The van der Waals surface area contributed by atoms with Crippen molar-refractivity contribution in [3.05, 3.63) is 91.0 Å². The molecular formula is C18H16FP. The van der Waals surface area contributed by atoms with Crippen molar-refractivity contribution in [2.75, 3.05) is 0 Å². The molecule has 0 aliphatic carbocycles. The van der Waals surface area contributed by atoms with Gasteiger partial charge in [-0.1, -0.05) is 91.0 Å². The van der Waals surface area contributed by atoms with Gasteiger partial charge in [-0.15, -0.1) is 0 Å². The Labute approximate surface area is 120 Å². The van der Waals surface area contributed by atoms with Gasteiger partial charge in [0, 0.05) is 0 Å². The van der Waals surface area contributed by atoms with Crippen molar-refractivity contribution in [2.24, 2.45) is 0 Å². The Balaban J connectivity index is 0.00000147. The number of halogens is 1. The number of hydrogen-bond acceptors (Lipinski definition) is 0. The second-order valence-corrected chi connectivity index (χ2v) is 6.56. The molecule has 0 aromatic heterocycles. The van der Waals surface area contributed by atoms with E-state index in [2.05, 4.69) is 91.0 Å². The van der Waals surface area contributed by atoms with Gasteiger partial charge in [-0.05, 0) is 23.8 Å². The topological polar surface area (TPSA) is 0 Å². The summed E-state index contributed by atoms with van der Waals surface area (Å²) < 4.78 is 0. The van der Waals surface area contributed by atoms with Gasteiger partial charge in [0.15, 0.2) is 0 Å². The van der Waals surface area contributed by atoms with Crippen molar-refractivity contribution in [3.63, 3.8) is 0 Å². The van der Waals surface area contributed by atoms with Crippen LogP contribution in [0.4, 0.5) is 4.70 Å². The maximum atomic E-state index is 2.23. The van der Waals surface area contributed by atoms with Crippen molar-refractivity contribution in [3.8, 4) is 0 Å². The van der Waals surface area contributed by atoms with E-state index in [-0.39, 0.29) is 4.70 Å². The van der Waals surface area contributed by atoms with Crippen LogP contribution in [-0.4, -0.2) is 0 Å². The van der Waals surface area contributed by atoms with E-state index >= 15 is 0 Å². The highest BCUT2D eigenvalue weighted by atomic mass is 31.1. The van der Waals surface area contributed by atoms with Gasteiger partial charge in [0.1, 0.15) is 0 Å². The lowest BCUT2D eigenvalue weighted by Gasteiger charge is -2.18. The molecule has 100 valence electrons. The molecule has 2 heteroatoms. The summed E-state index contributed by atoms with van der Waals surface area (Å²) in [6, 6.07) is 32.3. The minimum Gasteiger partial charge on any atom is -0.269 e. The fraction of sp³-hybridized carbons (Fsp3) is 0. The van der Waals surface area contributed by atoms with E-state index < -0.39 is 7.92 Å². The minimum absolute atomic E-state index is 0. The predicted molar refractivity (Wildman–Crippen MR) is 87.7 cm³/mol. The molecule has 0 saturated heterocycles. The summed E-state index contributed by atoms with van der Waals surface area (Å²) in [6.07, 6.45) is 0. The summed E-state index contributed by atoms with van der Waals surface area (Å²) in [4.78, 5) is 0. The summed E-state index contributed by atoms with van der Waals surface area (Å²) in [5, 5.41) is 4.19. The molecule has 20 heavy (non-hydrogen) atoms. The van der Waals surface area contributed by atoms with E-state index in [1.165, 1.54) is 15.9 Å². The van der Waals surface area contributed by atoms with Crippen LogP contribution in [0.2, 0.25) is 0 Å². The van der Waals surface area contributed by atoms with Gasteiger partial charge >= 0.3 is 0 Å². The molecule has 0 N–H and O–H groups in total. The minimum atomic E-state index is -0.446. The molecule has 0 aliphatic rings. The standard InChI is InChI=1S/C18H15P.FH/c1-4-10-16(11-5-1)19(17-12-6-2-7-13-17)18-14-8-3-9-15-18;/h1-15H;1H. The first-order valence-electron chi connectivity index (χ1n) is 6.40. The van der Waals surface area contributed by atoms with E-state index in [0.717, 1.165) is 0 Å². The summed E-state index contributed by atoms with van der Waals surface area (Å²) >= 11 is 0. The van der Waals surface area contributed by atoms with Crippen LogP contribution in [0.25, 0.3) is 0 Å². The third-order valence-electron chi connectivity index (χ3n) is 3.04. The first-order valence-corrected chi connectivity index (χ1v) is 7.74. The Morgan fingerprint density at radius 1 is 0.400 bits per heavy atom. The van der Waals surface area contributed by atoms with E-state index in [1.807, 2.05) is 0 Å². The molecule has 3 aromatic carbocycles. The van der Waals surface area contributed by atoms with Crippen LogP contribution in [0.5, 0.6) is 0 Å². The molecule has 0 heterocycles. The SMILES string of the molecule is F.c1ccc(P(c2ccccc2)c2ccccc2)cc1. The van der Waals surface area contributed by atoms with Gasteiger partial charge in [0.25, 0.3) is 0 Å². The highest BCUT2D eigenvalue weighted by molar-refractivity contribution is 7.79. The normalized spacial score (nSPS) is 10.1. The monoisotopic (exact) mass is 282 g/mol. The summed E-state index contributed by atoms with van der Waals surface area (Å²) in [7, 11) is -0.446. The van der Waals surface area contributed by atoms with Crippen LogP contribution in [0.1, 0.15) is 0 Å². The quantitative estimate of drug-likeness (QED) is 0.644. The summed E-state index contributed by atoms with van der Waals surface area (Å²) in [5.74, 6) is 0. The molecule has 0 radical (unpaired) electrons. The lowest BCUT2D eigenvalue weighted by molar-refractivity contribution is 1.11. The molecule has 3 rings (SSSR count). The van der Waals surface area contributed by atoms with Gasteiger partial charge in [-0.2, -0.15) is 0 Å². The van der Waals surface area contributed by atoms with Crippen molar-refractivity contribution in [1.82, 2.24) is 0 Å². The molecule has 0 saturated carbocycles. The molecule has 0 nitrogen and oxygen atoms in total. The highest BCUT2D eigenvalue weighted by Gasteiger charge is 2.14. The Morgan fingerprint density at radius 3 is 0.900 bits per heavy atom. The van der Waals surface area contributed by atoms with Gasteiger partial charge in [0.2, 0.25) is 0 Å². The first-order chi connectivity index (χ1) is 9.45. The van der Waals surface area contributed by atoms with Crippen LogP contribution in [-0.2, 0) is 0 Å². The zero-order chi connectivity index (χ0) is 12.9. The predicted octanol–water partition coefficient (Wildman–Crippen LogP) is 3.60. The molecule has 0 bridgehead atoms. The highest BCUT2D eigenvalue weighted by Crippen LogP contribution is 2.32. The van der Waals surface area contributed by atoms with E-state index in [1.54, 1.807) is 0 Å². The Kier molecular flexibility index (Phi) is 5.03. The molecule has 0 fully saturated rings. The van der Waals surface area contributed by atoms with Crippen LogP contribution >= 0.6 is 7.92 Å². The van der Waals surface area contributed by atoms with Crippen LogP contribution in [0, 0.1) is 0 Å². The smallest absolute Gasteiger partial charge is 0.0134 e. The lowest BCUT2D eigenvalue weighted by Crippen LogP contribution is -2.20. The largest absolute Gasteiger partial charge is 0.269 e. The average Bonchev–Trinajstić information content (AvgIpc) is 2.51. The molecule has 0 spiro atoms. The zero-order valence-electron chi connectivity index (χ0n) is 11.0. The van der Waals surface area contributed by atoms with Crippen molar-refractivity contribution in [2.45, 2.75) is 0 Å². The summed E-state index contributed by atoms with van der Waals surface area (Å²) in [5.41, 5.74) is 0. The third-order valence-corrected chi connectivity index (χ3v) is 5.49. The Morgan fingerprint density at radius 2 is 0.650 bits per heavy atom. The summed E-state index contributed by atoms with van der Waals surface area (Å²) in [6.45, 7) is 0. The molecule has 0 aliphatic heterocycles. The van der Waals surface area contributed by atoms with Crippen LogP contribution in [0.3, 0.4) is 0 Å². The molecule has 0 atom stereocenters. The number of benzene rings is 3. The van der Waals surface area contributed by atoms with Crippen molar-refractivity contribution < 1.29 is 4.70 Å². The van der Waals surface area contributed by atoms with Crippen molar-refractivity contribution in [1.29, 1.82) is 0 Å². The zero-order valence-corrected chi connectivity index (χ0v) is 11.9. The second-order valence-electron chi connectivity index (χ2n) is 4.34. The van der Waals surface area contributed by atoms with Crippen molar-refractivity contribution >= 4 is 23.8 Å². The van der Waals surface area contributed by atoms with Gasteiger partial charge in [0.05, 0.1) is 0 Å². The molecule has 3 aromatic rings. The van der Waals surface area contributed by atoms with Crippen LogP contribution < -0.4 is 15.9 Å². The van der Waals surface area contributed by atoms with Gasteiger partial charge in [-0.25, -0.2) is 0 Å². The molecule has 0 unspecified atom stereocenters. The fourth-order valence-corrected chi connectivity index (χ4v) is 4.48. The van der Waals surface area contributed by atoms with E-state index in [4.69, 9.17) is 0 Å². The first kappa shape index (κ1) is 14.4. The molecular weight excluding hydrogens is 266 g/mol. The number of rotatable bonds is 3. The van der Waals surface area contributed by atoms with Gasteiger partial charge < -0.3 is 0 Å². The fourth-order valence-electron chi connectivity index (χ4n) is 2.18.